The molecule has 7 heterocycles. The number of carbonyl (C=O) groups excluding carboxylic acids is 7. The zero-order chi connectivity index (χ0) is 93.4. The third kappa shape index (κ3) is 23.9. The van der Waals surface area contributed by atoms with Gasteiger partial charge in [-0.3, -0.25) is 38.5 Å². The van der Waals surface area contributed by atoms with E-state index < -0.39 is 213 Å². The number of carboxylic acid groups (broad SMARTS) is 1. The number of carbonyl (C=O) groups is 8. The second-order valence-corrected chi connectivity index (χ2v) is 35.3. The van der Waals surface area contributed by atoms with Crippen LogP contribution in [0.25, 0.3) is 22.5 Å². The maximum atomic E-state index is 15.0. The highest BCUT2D eigenvalue weighted by Crippen LogP contribution is 2.43. The number of aliphatic carboxylic acids is 1. The van der Waals surface area contributed by atoms with E-state index in [2.05, 4.69) is 52.0 Å². The van der Waals surface area contributed by atoms with E-state index in [4.69, 9.17) is 23.7 Å². The number of aliphatic hydroxyl groups is 11. The normalized spacial score (nSPS) is 23.9. The van der Waals surface area contributed by atoms with Gasteiger partial charge in [0.1, 0.15) is 71.7 Å². The Bertz CT molecular complexity index is 4670. The minimum absolute atomic E-state index is 0.0313. The number of aliphatic hydroxyl groups excluding tert-OH is 11. The lowest BCUT2D eigenvalue weighted by molar-refractivity contribution is -0.334. The summed E-state index contributed by atoms with van der Waals surface area (Å²) in [5.41, 5.74) is 3.71. The number of methoxy groups -OCH3 is 2. The molecule has 10 rings (SSSR count). The van der Waals surface area contributed by atoms with E-state index in [-0.39, 0.29) is 80.0 Å². The molecule has 3 aromatic carbocycles. The highest BCUT2D eigenvalue weighted by molar-refractivity contribution is 7.09. The molecular formula is C87H125N15O25S. The average Bonchev–Trinajstić information content (AvgIpc) is 1.46. The van der Waals surface area contributed by atoms with E-state index >= 15 is 4.79 Å². The Morgan fingerprint density at radius 1 is 0.766 bits per heavy atom. The third-order valence-corrected chi connectivity index (χ3v) is 25.7. The fourth-order valence-corrected chi connectivity index (χ4v) is 18.3. The van der Waals surface area contributed by atoms with Gasteiger partial charge in [-0.25, -0.2) is 14.5 Å². The largest absolute Gasteiger partial charge is 0.477 e. The summed E-state index contributed by atoms with van der Waals surface area (Å²) in [6.45, 7) is 12.3. The lowest BCUT2D eigenvalue weighted by Gasteiger charge is -2.47. The molecule has 17 N–H and O–H groups in total. The number of benzene rings is 3. The number of hydrogen-bond acceptors (Lipinski definition) is 31. The van der Waals surface area contributed by atoms with Gasteiger partial charge < -0.3 is 121 Å². The van der Waals surface area contributed by atoms with Crippen molar-refractivity contribution in [2.24, 2.45) is 23.7 Å². The van der Waals surface area contributed by atoms with E-state index in [0.29, 0.717) is 60.3 Å². The summed E-state index contributed by atoms with van der Waals surface area (Å²) in [5, 5.41) is 166. The van der Waals surface area contributed by atoms with Crippen molar-refractivity contribution in [3.8, 4) is 22.5 Å². The molecule has 0 saturated carbocycles. The van der Waals surface area contributed by atoms with Gasteiger partial charge in [0, 0.05) is 103 Å². The van der Waals surface area contributed by atoms with E-state index in [1.165, 1.54) is 40.0 Å². The lowest BCUT2D eigenvalue weighted by atomic mass is 9.88. The van der Waals surface area contributed by atoms with Gasteiger partial charge >= 0.3 is 5.97 Å². The molecule has 3 fully saturated rings. The smallest absolute Gasteiger partial charge is 0.364 e. The SMILES string of the molecule is CCC(C)C(C(CC(=O)N1CCCC1C(OC)C(C)C(=O)NC(Cc1ccccc1)c1nccs1)OC)N(C)C(=O)C(NC(=O)C(C(C)C)N(C)CC(O)C(O)C(O)C(O)Cc1n[nH]nc1CCNC(=O)CCC(=O)N1Cc2ccccc2-c2c(nnn2CC(O)C(O)C2OC(OCC3OC(O)C(O)C(O)C3O)(C(=O)O)CC(O)C2NC(C)=O)-c2ccccc21)C(C)C. The number of anilines is 1. The number of aromatic amines is 1. The van der Waals surface area contributed by atoms with Crippen molar-refractivity contribution in [3.05, 3.63) is 118 Å². The van der Waals surface area contributed by atoms with Gasteiger partial charge in [-0.05, 0) is 61.3 Å². The summed E-state index contributed by atoms with van der Waals surface area (Å²) in [7, 11) is 6.20. The predicted molar refractivity (Wildman–Crippen MR) is 460 cm³/mol. The zero-order valence-electron chi connectivity index (χ0n) is 74.0. The van der Waals surface area contributed by atoms with Crippen molar-refractivity contribution in [2.45, 2.75) is 266 Å². The molecule has 6 aromatic rings. The molecular weight excluding hydrogens is 1690 g/mol. The molecule has 7 amide bonds. The number of H-pyrrole nitrogens is 1. The van der Waals surface area contributed by atoms with Crippen LogP contribution in [0.15, 0.2) is 90.4 Å². The zero-order valence-corrected chi connectivity index (χ0v) is 74.8. The number of hydrogen-bond donors (Lipinski definition) is 17. The van der Waals surface area contributed by atoms with E-state index in [1.807, 2.05) is 49.6 Å². The molecule has 40 nitrogen and oxygen atoms in total. The van der Waals surface area contributed by atoms with Gasteiger partial charge in [0.25, 0.3) is 5.79 Å². The first-order valence-corrected chi connectivity index (χ1v) is 44.1. The van der Waals surface area contributed by atoms with Crippen LogP contribution in [0.3, 0.4) is 0 Å². The topological polar surface area (TPSA) is 572 Å². The van der Waals surface area contributed by atoms with Crippen molar-refractivity contribution in [2.75, 3.05) is 59.5 Å². The number of likely N-dealkylation sites (N-methyl/N-ethyl adjacent to an activating group) is 2. The Kier molecular flexibility index (Phi) is 35.8. The Hall–Kier alpha value is -9.35. The number of rotatable bonds is 43. The van der Waals surface area contributed by atoms with Gasteiger partial charge in [0.2, 0.25) is 41.4 Å². The standard InChI is InChI=1S/C87H125N15O25S/c1-13-46(6)71(62(123-11)38-66(110)100-34-21-28-57(100)79(124-12)47(7)81(117)91-55(83-89-33-35-128-83)36-49-22-15-14-16-23-49)99(10)84(119)67(44(2)3)92-82(118)70(45(4)5)98(9)41-60(106)74(112)73(111)58(104)37-54-53(93-96-94-54)31-32-88-64(108)29-30-65(109)101-40-50-24-17-18-25-51(50)72-68(52-26-19-20-27-56(52)101)95-97-102(72)42-61(107)75(113)80-69(90-48(8)103)59(105)39-87(127-80,86(121)122)125-43-63-76(114)77(115)78(116)85(120)126-63/h14-20,22-27,33,35,44-47,55,57-63,67,69-71,73-80,85,104-107,111-116,120H,13,21,28-32,34,36-43H2,1-12H3,(H,88,108)(H,90,103)(H,91,117)(H,92,118)(H,121,122)(H,93,94,96). The quantitative estimate of drug-likeness (QED) is 0.0224. The predicted octanol–water partition coefficient (Wildman–Crippen LogP) is -0.750. The molecule has 3 aromatic heterocycles. The number of nitrogens with zero attached hydrogens (tertiary/aromatic N) is 10. The first-order valence-electron chi connectivity index (χ1n) is 43.2. The molecule has 0 bridgehead atoms. The number of amides is 7. The highest BCUT2D eigenvalue weighted by Gasteiger charge is 2.57. The van der Waals surface area contributed by atoms with Crippen molar-refractivity contribution in [1.29, 1.82) is 0 Å². The molecule has 0 spiro atoms. The molecule has 4 aliphatic heterocycles. The van der Waals surface area contributed by atoms with Gasteiger partial charge in [-0.15, -0.1) is 16.4 Å². The van der Waals surface area contributed by atoms with E-state index in [1.54, 1.807) is 113 Å². The summed E-state index contributed by atoms with van der Waals surface area (Å²) in [4.78, 5) is 123. The number of para-hydroxylation sites is 1. The van der Waals surface area contributed by atoms with E-state index in [0.717, 1.165) is 17.5 Å². The fraction of sp³-hybridized carbons (Fsp3) is 0.621. The van der Waals surface area contributed by atoms with E-state index in [9.17, 15) is 94.8 Å². The third-order valence-electron chi connectivity index (χ3n) is 24.8. The van der Waals surface area contributed by atoms with Crippen molar-refractivity contribution in [1.82, 2.24) is 71.4 Å². The van der Waals surface area contributed by atoms with Crippen molar-refractivity contribution in [3.63, 3.8) is 0 Å². The first kappa shape index (κ1) is 101. The maximum absolute atomic E-state index is 15.0. The van der Waals surface area contributed by atoms with Gasteiger partial charge in [-0.1, -0.05) is 133 Å². The van der Waals surface area contributed by atoms with Crippen molar-refractivity contribution < 1.29 is 123 Å². The fourth-order valence-electron chi connectivity index (χ4n) is 17.6. The van der Waals surface area contributed by atoms with Gasteiger partial charge in [-0.2, -0.15) is 15.4 Å². The summed E-state index contributed by atoms with van der Waals surface area (Å²) in [6, 6.07) is 18.2. The van der Waals surface area contributed by atoms with Gasteiger partial charge in [0.15, 0.2) is 6.29 Å². The molecule has 0 radical (unpaired) electrons. The molecule has 24 atom stereocenters. The number of likely N-dealkylation sites (tertiary alicyclic amines) is 1. The Labute approximate surface area is 745 Å². The van der Waals surface area contributed by atoms with Crippen molar-refractivity contribution >= 4 is 64.3 Å². The second-order valence-electron chi connectivity index (χ2n) is 34.4. The Morgan fingerprint density at radius 2 is 1.45 bits per heavy atom. The summed E-state index contributed by atoms with van der Waals surface area (Å²) >= 11 is 1.45. The molecule has 4 aliphatic rings. The molecule has 0 aliphatic carbocycles. The minimum atomic E-state index is -2.88. The van der Waals surface area contributed by atoms with Crippen LogP contribution in [-0.4, -0.2) is 341 Å². The van der Waals surface area contributed by atoms with Crippen LogP contribution in [0.1, 0.15) is 134 Å². The number of aromatic nitrogens is 7. The number of fused-ring (bicyclic) bond motifs is 5. The second kappa shape index (κ2) is 45.5. The van der Waals surface area contributed by atoms with Crippen LogP contribution in [-0.2, 0) is 94.4 Å². The van der Waals surface area contributed by atoms with Gasteiger partial charge in [0.05, 0.1) is 116 Å². The van der Waals surface area contributed by atoms with Crippen LogP contribution in [0.2, 0.25) is 0 Å². The monoisotopic (exact) mass is 1810 g/mol. The minimum Gasteiger partial charge on any atom is -0.477 e. The average molecular weight is 1810 g/mol. The number of thiazole rings is 1. The number of ether oxygens (including phenoxy) is 5. The molecule has 128 heavy (non-hydrogen) atoms. The van der Waals surface area contributed by atoms with Crippen LogP contribution in [0.5, 0.6) is 0 Å². The number of carboxylic acids is 1. The lowest BCUT2D eigenvalue weighted by Crippen LogP contribution is -2.68. The number of nitrogens with one attached hydrogen (secondary N) is 5. The molecule has 41 heteroatoms. The summed E-state index contributed by atoms with van der Waals surface area (Å²) in [5.74, 6) is -9.76. The van der Waals surface area contributed by atoms with Crippen LogP contribution in [0.4, 0.5) is 5.69 Å². The maximum Gasteiger partial charge on any atom is 0.364 e. The summed E-state index contributed by atoms with van der Waals surface area (Å²) in [6.07, 6.45) is -24.1. The Balaban J connectivity index is 0.710. The highest BCUT2D eigenvalue weighted by atomic mass is 32.1. The molecule has 704 valence electrons. The van der Waals surface area contributed by atoms with Crippen LogP contribution >= 0.6 is 11.3 Å². The first-order chi connectivity index (χ1) is 60.8. The van der Waals surface area contributed by atoms with Crippen LogP contribution in [0, 0.1) is 23.7 Å². The van der Waals surface area contributed by atoms with Crippen LogP contribution < -0.4 is 26.2 Å². The molecule has 3 saturated heterocycles. The summed E-state index contributed by atoms with van der Waals surface area (Å²) < 4.78 is 30.2. The molecule has 24 unspecified atom stereocenters. The Morgan fingerprint density at radius 3 is 2.10 bits per heavy atom.